The number of likely N-dealkylation sites (tertiary alicyclic amines) is 1. The molecule has 2 rings (SSSR count). The summed E-state index contributed by atoms with van der Waals surface area (Å²) in [4.78, 5) is 31.7. The lowest BCUT2D eigenvalue weighted by molar-refractivity contribution is -0.202. The molecule has 1 saturated heterocycles. The van der Waals surface area contributed by atoms with Crippen molar-refractivity contribution in [2.45, 2.75) is 78.0 Å². The van der Waals surface area contributed by atoms with Crippen molar-refractivity contribution < 1.29 is 24.3 Å². The van der Waals surface area contributed by atoms with Crippen LogP contribution in [0.25, 0.3) is 0 Å². The molecule has 1 amide bonds. The average Bonchev–Trinajstić information content (AvgIpc) is 2.61. The van der Waals surface area contributed by atoms with Crippen LogP contribution in [0, 0.1) is 5.92 Å². The first kappa shape index (κ1) is 22.3. The van der Waals surface area contributed by atoms with Gasteiger partial charge in [0.2, 0.25) is 0 Å². The average molecular weight is 395 g/mol. The topological polar surface area (TPSA) is 79.3 Å². The first-order valence-electron chi connectivity index (χ1n) is 10.2. The lowest BCUT2D eigenvalue weighted by atomic mass is 9.89. The summed E-state index contributed by atoms with van der Waals surface area (Å²) in [6.45, 7) is 10.9. The van der Waals surface area contributed by atoms with Crippen LogP contribution in [-0.2, 0) is 14.4 Å². The predicted octanol–water partition coefficient (Wildman–Crippen LogP) is 3.96. The molecule has 28 heavy (non-hydrogen) atoms. The second kappa shape index (κ2) is 9.45. The molecule has 7 heteroatoms. The van der Waals surface area contributed by atoms with Gasteiger partial charge in [-0.05, 0) is 65.0 Å². The zero-order chi connectivity index (χ0) is 20.9. The Labute approximate surface area is 167 Å². The molecule has 0 aromatic heterocycles. The Morgan fingerprint density at radius 1 is 1.29 bits per heavy atom. The van der Waals surface area contributed by atoms with Crippen molar-refractivity contribution in [3.63, 3.8) is 0 Å². The summed E-state index contributed by atoms with van der Waals surface area (Å²) in [6, 6.07) is -0.344. The van der Waals surface area contributed by atoms with Gasteiger partial charge in [0.1, 0.15) is 5.60 Å². The summed E-state index contributed by atoms with van der Waals surface area (Å²) in [5.41, 5.74) is -0.175. The fourth-order valence-electron chi connectivity index (χ4n) is 3.61. The number of nitrogens with zero attached hydrogens (tertiary/aromatic N) is 2. The Kier molecular flexibility index (Phi) is 7.52. The van der Waals surface area contributed by atoms with E-state index in [1.807, 2.05) is 27.7 Å². The molecule has 7 nitrogen and oxygen atoms in total. The van der Waals surface area contributed by atoms with Gasteiger partial charge in [-0.1, -0.05) is 13.3 Å². The van der Waals surface area contributed by atoms with Gasteiger partial charge in [-0.25, -0.2) is 9.59 Å². The summed E-state index contributed by atoms with van der Waals surface area (Å²) in [7, 11) is 0. The van der Waals surface area contributed by atoms with E-state index in [4.69, 9.17) is 9.57 Å². The number of hydrogen-bond acceptors (Lipinski definition) is 5. The Hall–Kier alpha value is -2.02. The minimum atomic E-state index is -0.928. The second-order valence-electron chi connectivity index (χ2n) is 8.54. The standard InChI is InChI=1S/C21H34N2O5/c1-6-8-18(28-23-12-7-9-17(15(23)2)19(24)25)16-10-13-22(14-11-16)20(26)27-21(3,4)5/h7,9,12,15-16,18H,6,8,10-11,13-14H2,1-5H3,(H,24,25). The molecule has 2 aliphatic heterocycles. The minimum absolute atomic E-state index is 0.00830. The summed E-state index contributed by atoms with van der Waals surface area (Å²) < 4.78 is 5.47. The zero-order valence-corrected chi connectivity index (χ0v) is 17.7. The highest BCUT2D eigenvalue weighted by molar-refractivity contribution is 5.88. The van der Waals surface area contributed by atoms with Crippen molar-refractivity contribution in [3.8, 4) is 0 Å². The molecule has 2 atom stereocenters. The van der Waals surface area contributed by atoms with Crippen LogP contribution in [0.5, 0.6) is 0 Å². The van der Waals surface area contributed by atoms with Crippen LogP contribution < -0.4 is 0 Å². The maximum Gasteiger partial charge on any atom is 0.410 e. The lowest BCUT2D eigenvalue weighted by Gasteiger charge is -2.39. The summed E-state index contributed by atoms with van der Waals surface area (Å²) in [5.74, 6) is -0.610. The van der Waals surface area contributed by atoms with Gasteiger partial charge in [0.05, 0.1) is 17.7 Å². The van der Waals surface area contributed by atoms with Crippen LogP contribution in [0.4, 0.5) is 4.79 Å². The summed E-state index contributed by atoms with van der Waals surface area (Å²) in [5, 5.41) is 11.0. The third-order valence-corrected chi connectivity index (χ3v) is 5.13. The Bertz CT molecular complexity index is 615. The molecule has 0 spiro atoms. The van der Waals surface area contributed by atoms with Crippen molar-refractivity contribution >= 4 is 12.1 Å². The third kappa shape index (κ3) is 5.99. The normalized spacial score (nSPS) is 22.0. The zero-order valence-electron chi connectivity index (χ0n) is 17.7. The number of rotatable bonds is 6. The van der Waals surface area contributed by atoms with Crippen molar-refractivity contribution in [1.29, 1.82) is 0 Å². The second-order valence-corrected chi connectivity index (χ2v) is 8.54. The number of carbonyl (C=O) groups excluding carboxylic acids is 1. The van der Waals surface area contributed by atoms with Gasteiger partial charge >= 0.3 is 12.1 Å². The van der Waals surface area contributed by atoms with Crippen LogP contribution in [0.2, 0.25) is 0 Å². The van der Waals surface area contributed by atoms with Crippen molar-refractivity contribution in [1.82, 2.24) is 9.96 Å². The number of aliphatic carboxylic acids is 1. The highest BCUT2D eigenvalue weighted by atomic mass is 16.7. The molecular formula is C21H34N2O5. The molecular weight excluding hydrogens is 360 g/mol. The number of carboxylic acids is 1. The van der Waals surface area contributed by atoms with Crippen LogP contribution in [-0.4, -0.2) is 58.0 Å². The van der Waals surface area contributed by atoms with E-state index in [0.29, 0.717) is 24.6 Å². The molecule has 0 radical (unpaired) electrons. The molecule has 2 unspecified atom stereocenters. The maximum atomic E-state index is 12.3. The molecule has 0 aromatic carbocycles. The number of amides is 1. The molecule has 0 aliphatic carbocycles. The van der Waals surface area contributed by atoms with Gasteiger partial charge in [-0.15, -0.1) is 0 Å². The number of ether oxygens (including phenoxy) is 1. The minimum Gasteiger partial charge on any atom is -0.478 e. The third-order valence-electron chi connectivity index (χ3n) is 5.13. The van der Waals surface area contributed by atoms with Gasteiger partial charge in [0.15, 0.2) is 0 Å². The molecule has 2 aliphatic rings. The van der Waals surface area contributed by atoms with E-state index in [1.54, 1.807) is 28.3 Å². The molecule has 0 saturated carbocycles. The van der Waals surface area contributed by atoms with Gasteiger partial charge in [-0.2, -0.15) is 0 Å². The van der Waals surface area contributed by atoms with E-state index in [1.165, 1.54) is 0 Å². The molecule has 1 N–H and O–H groups in total. The van der Waals surface area contributed by atoms with Crippen molar-refractivity contribution in [2.75, 3.05) is 13.1 Å². The van der Waals surface area contributed by atoms with Crippen molar-refractivity contribution in [3.05, 3.63) is 23.9 Å². The SMILES string of the molecule is CCCC(ON1C=CC=C(C(=O)O)C1C)C1CCN(C(=O)OC(C)(C)C)CC1. The highest BCUT2D eigenvalue weighted by Crippen LogP contribution is 2.29. The fraction of sp³-hybridized carbons (Fsp3) is 0.714. The Morgan fingerprint density at radius 3 is 2.46 bits per heavy atom. The number of carbonyl (C=O) groups is 2. The number of piperidine rings is 1. The summed E-state index contributed by atoms with van der Waals surface area (Å²) in [6.07, 6.45) is 8.39. The van der Waals surface area contributed by atoms with Crippen LogP contribution in [0.15, 0.2) is 23.9 Å². The van der Waals surface area contributed by atoms with Crippen molar-refractivity contribution in [2.24, 2.45) is 5.92 Å². The smallest absolute Gasteiger partial charge is 0.410 e. The number of hydroxylamine groups is 2. The first-order valence-corrected chi connectivity index (χ1v) is 10.2. The van der Waals surface area contributed by atoms with E-state index in [9.17, 15) is 14.7 Å². The predicted molar refractivity (Wildman–Crippen MR) is 106 cm³/mol. The maximum absolute atomic E-state index is 12.3. The van der Waals surface area contributed by atoms with Gasteiger partial charge in [-0.3, -0.25) is 9.90 Å². The van der Waals surface area contributed by atoms with E-state index >= 15 is 0 Å². The Morgan fingerprint density at radius 2 is 1.93 bits per heavy atom. The van der Waals surface area contributed by atoms with Crippen LogP contribution >= 0.6 is 0 Å². The number of carboxylic acid groups (broad SMARTS) is 1. The first-order chi connectivity index (χ1) is 13.1. The molecule has 2 heterocycles. The van der Waals surface area contributed by atoms with Gasteiger partial charge in [0, 0.05) is 19.3 Å². The fourth-order valence-corrected chi connectivity index (χ4v) is 3.61. The van der Waals surface area contributed by atoms with Crippen LogP contribution in [0.1, 0.15) is 60.3 Å². The van der Waals surface area contributed by atoms with Gasteiger partial charge in [0.25, 0.3) is 0 Å². The van der Waals surface area contributed by atoms with E-state index < -0.39 is 11.6 Å². The number of hydrogen-bond donors (Lipinski definition) is 1. The van der Waals surface area contributed by atoms with E-state index in [2.05, 4.69) is 6.92 Å². The van der Waals surface area contributed by atoms with E-state index in [-0.39, 0.29) is 18.2 Å². The van der Waals surface area contributed by atoms with E-state index in [0.717, 1.165) is 25.7 Å². The molecule has 0 aromatic rings. The van der Waals surface area contributed by atoms with Gasteiger partial charge < -0.3 is 14.7 Å². The molecule has 0 bridgehead atoms. The highest BCUT2D eigenvalue weighted by Gasteiger charge is 2.33. The monoisotopic (exact) mass is 394 g/mol. The largest absolute Gasteiger partial charge is 0.478 e. The van der Waals surface area contributed by atoms with Crippen LogP contribution in [0.3, 0.4) is 0 Å². The summed E-state index contributed by atoms with van der Waals surface area (Å²) >= 11 is 0. The molecule has 1 fully saturated rings. The quantitative estimate of drug-likeness (QED) is 0.734. The number of allylic oxidation sites excluding steroid dienone is 2. The lowest BCUT2D eigenvalue weighted by Crippen LogP contribution is -2.46. The Balaban J connectivity index is 1.95. The molecule has 158 valence electrons.